The van der Waals surface area contributed by atoms with Crippen molar-refractivity contribution in [1.29, 1.82) is 0 Å². The fraction of sp³-hybridized carbons (Fsp3) is 1.00. The summed E-state index contributed by atoms with van der Waals surface area (Å²) in [6.07, 6.45) is 8.69. The Morgan fingerprint density at radius 3 is 1.50 bits per heavy atom. The zero-order valence-electron chi connectivity index (χ0n) is 10.5. The molecule has 0 saturated heterocycles. The van der Waals surface area contributed by atoms with E-state index in [9.17, 15) is 0 Å². The normalized spacial score (nSPS) is 15.0. The van der Waals surface area contributed by atoms with E-state index < -0.39 is 0 Å². The van der Waals surface area contributed by atoms with Gasteiger partial charge < -0.3 is 22.9 Å². The van der Waals surface area contributed by atoms with Gasteiger partial charge in [-0.05, 0) is 51.6 Å². The number of hydrogen-bond acceptors (Lipinski definition) is 4. The maximum absolute atomic E-state index is 6.00. The van der Waals surface area contributed by atoms with Crippen LogP contribution in [0.4, 0.5) is 0 Å². The van der Waals surface area contributed by atoms with Gasteiger partial charge in [-0.2, -0.15) is 0 Å². The van der Waals surface area contributed by atoms with Gasteiger partial charge in [-0.1, -0.05) is 12.8 Å². The van der Waals surface area contributed by atoms with Crippen LogP contribution in [0, 0.1) is 0 Å². The average Bonchev–Trinajstić information content (AvgIpc) is 2.26. The highest BCUT2D eigenvalue weighted by Gasteiger charge is 2.05. The van der Waals surface area contributed by atoms with Gasteiger partial charge in [0.2, 0.25) is 0 Å². The Labute approximate surface area is 100 Å². The van der Waals surface area contributed by atoms with Gasteiger partial charge in [-0.15, -0.1) is 0 Å². The van der Waals surface area contributed by atoms with Crippen LogP contribution in [0.25, 0.3) is 0 Å². The van der Waals surface area contributed by atoms with Gasteiger partial charge in [-0.25, -0.2) is 0 Å². The van der Waals surface area contributed by atoms with E-state index in [1.165, 1.54) is 0 Å². The smallest absolute Gasteiger partial charge is 0.00393 e. The number of rotatable bonds is 11. The van der Waals surface area contributed by atoms with Gasteiger partial charge in [0.05, 0.1) is 0 Å². The fourth-order valence-electron chi connectivity index (χ4n) is 1.86. The summed E-state index contributed by atoms with van der Waals surface area (Å²) in [6, 6.07) is 0.632. The molecule has 98 valence electrons. The zero-order valence-corrected chi connectivity index (χ0v) is 10.5. The van der Waals surface area contributed by atoms with E-state index in [4.69, 9.17) is 22.9 Å². The van der Waals surface area contributed by atoms with Crippen LogP contribution in [0.2, 0.25) is 0 Å². The van der Waals surface area contributed by atoms with Crippen LogP contribution in [-0.4, -0.2) is 25.2 Å². The van der Waals surface area contributed by atoms with Crippen molar-refractivity contribution in [2.45, 2.75) is 63.5 Å². The molecule has 0 aromatic rings. The minimum Gasteiger partial charge on any atom is -0.330 e. The second-order valence-corrected chi connectivity index (χ2v) is 4.67. The van der Waals surface area contributed by atoms with E-state index in [0.29, 0.717) is 12.1 Å². The Balaban J connectivity index is 3.28. The van der Waals surface area contributed by atoms with E-state index >= 15 is 0 Å². The molecule has 0 aromatic carbocycles. The Kier molecular flexibility index (Phi) is 11.2. The van der Waals surface area contributed by atoms with E-state index in [1.54, 1.807) is 0 Å². The molecule has 0 saturated carbocycles. The van der Waals surface area contributed by atoms with Gasteiger partial charge in [0.15, 0.2) is 0 Å². The predicted molar refractivity (Wildman–Crippen MR) is 71.0 cm³/mol. The molecule has 0 heterocycles. The number of hydrogen-bond donors (Lipinski definition) is 4. The molecule has 16 heavy (non-hydrogen) atoms. The van der Waals surface area contributed by atoms with E-state index in [-0.39, 0.29) is 0 Å². The lowest BCUT2D eigenvalue weighted by Crippen LogP contribution is -2.24. The molecule has 0 aliphatic heterocycles. The molecule has 0 aliphatic carbocycles. The first kappa shape index (κ1) is 15.8. The Morgan fingerprint density at radius 2 is 1.00 bits per heavy atom. The van der Waals surface area contributed by atoms with Gasteiger partial charge in [0, 0.05) is 12.1 Å². The highest BCUT2D eigenvalue weighted by atomic mass is 14.6. The molecule has 8 N–H and O–H groups in total. The Hall–Kier alpha value is -0.160. The first-order chi connectivity index (χ1) is 7.70. The van der Waals surface area contributed by atoms with Crippen LogP contribution < -0.4 is 22.9 Å². The molecule has 4 nitrogen and oxygen atoms in total. The van der Waals surface area contributed by atoms with Crippen molar-refractivity contribution in [3.05, 3.63) is 0 Å². The molecule has 0 aliphatic rings. The quantitative estimate of drug-likeness (QED) is 0.392. The van der Waals surface area contributed by atoms with Crippen LogP contribution in [-0.2, 0) is 0 Å². The largest absolute Gasteiger partial charge is 0.330 e. The second-order valence-electron chi connectivity index (χ2n) is 4.67. The van der Waals surface area contributed by atoms with Gasteiger partial charge >= 0.3 is 0 Å². The highest BCUT2D eigenvalue weighted by Crippen LogP contribution is 2.09. The van der Waals surface area contributed by atoms with Crippen molar-refractivity contribution in [2.24, 2.45) is 22.9 Å². The summed E-state index contributed by atoms with van der Waals surface area (Å²) < 4.78 is 0. The van der Waals surface area contributed by atoms with Crippen LogP contribution in [0.5, 0.6) is 0 Å². The fourth-order valence-corrected chi connectivity index (χ4v) is 1.86. The minimum absolute atomic E-state index is 0.305. The van der Waals surface area contributed by atoms with E-state index in [2.05, 4.69) is 0 Å². The minimum atomic E-state index is 0.305. The first-order valence-corrected chi connectivity index (χ1v) is 6.62. The summed E-state index contributed by atoms with van der Waals surface area (Å²) in [6.45, 7) is 1.52. The van der Waals surface area contributed by atoms with Crippen molar-refractivity contribution < 1.29 is 0 Å². The molecule has 2 atom stereocenters. The van der Waals surface area contributed by atoms with Gasteiger partial charge in [-0.3, -0.25) is 0 Å². The SMILES string of the molecule is NCCCCC(N)CCCC(N)CCCN. The maximum Gasteiger partial charge on any atom is 0.00393 e. The average molecular weight is 230 g/mol. The topological polar surface area (TPSA) is 104 Å². The summed E-state index contributed by atoms with van der Waals surface area (Å²) in [4.78, 5) is 0. The summed E-state index contributed by atoms with van der Waals surface area (Å²) in [5.41, 5.74) is 22.8. The first-order valence-electron chi connectivity index (χ1n) is 6.62. The van der Waals surface area contributed by atoms with Gasteiger partial charge in [0.25, 0.3) is 0 Å². The number of nitrogens with two attached hydrogens (primary N) is 4. The van der Waals surface area contributed by atoms with Crippen LogP contribution in [0.15, 0.2) is 0 Å². The standard InChI is InChI=1S/C12H30N4/c13-9-2-1-5-11(15)6-3-7-12(16)8-4-10-14/h11-12H,1-10,13-16H2. The molecule has 0 fully saturated rings. The molecule has 0 amide bonds. The van der Waals surface area contributed by atoms with Gasteiger partial charge in [0.1, 0.15) is 0 Å². The summed E-state index contributed by atoms with van der Waals surface area (Å²) in [5, 5.41) is 0. The summed E-state index contributed by atoms with van der Waals surface area (Å²) >= 11 is 0. The van der Waals surface area contributed by atoms with Crippen LogP contribution in [0.1, 0.15) is 51.4 Å². The van der Waals surface area contributed by atoms with Crippen molar-refractivity contribution in [3.8, 4) is 0 Å². The Bertz CT molecular complexity index is 141. The number of unbranched alkanes of at least 4 members (excludes halogenated alkanes) is 1. The molecule has 0 rings (SSSR count). The zero-order chi connectivity index (χ0) is 12.2. The lowest BCUT2D eigenvalue weighted by atomic mass is 10.0. The lowest BCUT2D eigenvalue weighted by molar-refractivity contribution is 0.468. The molecule has 0 aromatic heterocycles. The molecule has 0 spiro atoms. The summed E-state index contributed by atoms with van der Waals surface area (Å²) in [5.74, 6) is 0. The van der Waals surface area contributed by atoms with E-state index in [1.807, 2.05) is 0 Å². The van der Waals surface area contributed by atoms with Crippen LogP contribution >= 0.6 is 0 Å². The molecular formula is C12H30N4. The lowest BCUT2D eigenvalue weighted by Gasteiger charge is -2.14. The van der Waals surface area contributed by atoms with Crippen molar-refractivity contribution in [1.82, 2.24) is 0 Å². The highest BCUT2D eigenvalue weighted by molar-refractivity contribution is 4.66. The third-order valence-electron chi connectivity index (χ3n) is 2.96. The predicted octanol–water partition coefficient (Wildman–Crippen LogP) is 0.679. The maximum atomic E-state index is 6.00. The van der Waals surface area contributed by atoms with Crippen LogP contribution in [0.3, 0.4) is 0 Å². The summed E-state index contributed by atoms with van der Waals surface area (Å²) in [7, 11) is 0. The van der Waals surface area contributed by atoms with E-state index in [0.717, 1.165) is 64.5 Å². The Morgan fingerprint density at radius 1 is 0.562 bits per heavy atom. The third kappa shape index (κ3) is 10.4. The second kappa shape index (κ2) is 11.3. The molecule has 0 radical (unpaired) electrons. The molecular weight excluding hydrogens is 200 g/mol. The molecule has 4 heteroatoms. The van der Waals surface area contributed by atoms with Crippen molar-refractivity contribution >= 4 is 0 Å². The van der Waals surface area contributed by atoms with Crippen molar-refractivity contribution in [2.75, 3.05) is 13.1 Å². The third-order valence-corrected chi connectivity index (χ3v) is 2.96. The molecule has 2 unspecified atom stereocenters. The monoisotopic (exact) mass is 230 g/mol. The molecule has 0 bridgehead atoms. The van der Waals surface area contributed by atoms with Crippen molar-refractivity contribution in [3.63, 3.8) is 0 Å².